The maximum Gasteiger partial charge on any atom is 0.232 e. The van der Waals surface area contributed by atoms with Gasteiger partial charge in [-0.1, -0.05) is 0 Å². The minimum Gasteiger partial charge on any atom is -0.480 e. The van der Waals surface area contributed by atoms with Crippen LogP contribution >= 0.6 is 11.3 Å². The topological polar surface area (TPSA) is 80.2 Å². The fourth-order valence-electron chi connectivity index (χ4n) is 2.55. The number of aromatic nitrogens is 3. The van der Waals surface area contributed by atoms with Crippen molar-refractivity contribution in [3.8, 4) is 5.88 Å². The molecule has 1 aliphatic heterocycles. The van der Waals surface area contributed by atoms with E-state index in [-0.39, 0.29) is 5.91 Å². The van der Waals surface area contributed by atoms with Gasteiger partial charge in [-0.3, -0.25) is 14.7 Å². The molecule has 0 aromatic carbocycles. The zero-order valence-corrected chi connectivity index (χ0v) is 14.0. The van der Waals surface area contributed by atoms with Gasteiger partial charge in [-0.15, -0.1) is 11.3 Å². The summed E-state index contributed by atoms with van der Waals surface area (Å²) in [4.78, 5) is 27.7. The zero-order valence-electron chi connectivity index (χ0n) is 13.2. The molecular formula is C15H19N5O2S. The summed E-state index contributed by atoms with van der Waals surface area (Å²) in [7, 11) is 1.61. The summed E-state index contributed by atoms with van der Waals surface area (Å²) in [6.45, 7) is 4.16. The number of nitrogens with zero attached hydrogens (tertiary/aromatic N) is 4. The number of fused-ring (bicyclic) bond motifs is 1. The number of hydrogen-bond acceptors (Lipinski definition) is 7. The van der Waals surface area contributed by atoms with Crippen LogP contribution in [0.15, 0.2) is 12.4 Å². The normalized spacial score (nSPS) is 14.9. The molecule has 1 N–H and O–H groups in total. The van der Waals surface area contributed by atoms with Gasteiger partial charge in [-0.2, -0.15) is 0 Å². The maximum atomic E-state index is 11.1. The number of carbonyl (C=O) groups excluding carboxylic acids is 1. The monoisotopic (exact) mass is 333 g/mol. The van der Waals surface area contributed by atoms with Gasteiger partial charge in [-0.05, 0) is 0 Å². The van der Waals surface area contributed by atoms with Crippen LogP contribution in [0.4, 0.5) is 5.13 Å². The highest BCUT2D eigenvalue weighted by Gasteiger charge is 2.18. The number of carbonyl (C=O) groups is 1. The van der Waals surface area contributed by atoms with Crippen molar-refractivity contribution in [1.82, 2.24) is 19.9 Å². The van der Waals surface area contributed by atoms with Crippen molar-refractivity contribution in [1.29, 1.82) is 0 Å². The Balaban J connectivity index is 1.63. The van der Waals surface area contributed by atoms with Crippen LogP contribution in [0, 0.1) is 0 Å². The van der Waals surface area contributed by atoms with Gasteiger partial charge in [0.25, 0.3) is 0 Å². The van der Waals surface area contributed by atoms with Crippen LogP contribution in [0.3, 0.4) is 0 Å². The van der Waals surface area contributed by atoms with Crippen molar-refractivity contribution >= 4 is 22.4 Å². The number of amides is 1. The molecule has 3 heterocycles. The van der Waals surface area contributed by atoms with Crippen LogP contribution < -0.4 is 10.1 Å². The summed E-state index contributed by atoms with van der Waals surface area (Å²) in [5.41, 5.74) is 2.08. The van der Waals surface area contributed by atoms with E-state index in [9.17, 15) is 4.79 Å². The molecule has 0 aliphatic carbocycles. The quantitative estimate of drug-likeness (QED) is 0.913. The third-order valence-corrected chi connectivity index (χ3v) is 4.56. The molecule has 0 radical (unpaired) electrons. The predicted octanol–water partition coefficient (Wildman–Crippen LogP) is 1.50. The summed E-state index contributed by atoms with van der Waals surface area (Å²) in [6, 6.07) is 0. The van der Waals surface area contributed by atoms with Crippen molar-refractivity contribution in [2.24, 2.45) is 0 Å². The third kappa shape index (κ3) is 4.02. The Labute approximate surface area is 138 Å². The largest absolute Gasteiger partial charge is 0.480 e. The van der Waals surface area contributed by atoms with Crippen LogP contribution in [0.5, 0.6) is 5.88 Å². The van der Waals surface area contributed by atoms with E-state index >= 15 is 0 Å². The summed E-state index contributed by atoms with van der Waals surface area (Å²) < 4.78 is 5.15. The van der Waals surface area contributed by atoms with Gasteiger partial charge in [0.15, 0.2) is 5.13 Å². The minimum atomic E-state index is -0.0952. The van der Waals surface area contributed by atoms with Crippen molar-refractivity contribution in [3.63, 3.8) is 0 Å². The van der Waals surface area contributed by atoms with E-state index < -0.39 is 0 Å². The van der Waals surface area contributed by atoms with Gasteiger partial charge in [0.1, 0.15) is 0 Å². The van der Waals surface area contributed by atoms with Gasteiger partial charge >= 0.3 is 0 Å². The first-order valence-electron chi connectivity index (χ1n) is 7.47. The Bertz CT molecular complexity index is 703. The lowest BCUT2D eigenvalue weighted by Gasteiger charge is -2.17. The van der Waals surface area contributed by atoms with Gasteiger partial charge in [0, 0.05) is 50.5 Å². The molecule has 2 aromatic rings. The van der Waals surface area contributed by atoms with Gasteiger partial charge in [-0.25, -0.2) is 9.97 Å². The summed E-state index contributed by atoms with van der Waals surface area (Å²) in [6.07, 6.45) is 5.24. The number of methoxy groups -OCH3 is 1. The van der Waals surface area contributed by atoms with E-state index in [1.165, 1.54) is 18.3 Å². The average molecular weight is 333 g/mol. The molecule has 1 aliphatic rings. The molecule has 0 spiro atoms. The third-order valence-electron chi connectivity index (χ3n) is 3.66. The average Bonchev–Trinajstić information content (AvgIpc) is 2.86. The molecule has 8 heteroatoms. The van der Waals surface area contributed by atoms with Crippen LogP contribution in [0.1, 0.15) is 23.2 Å². The number of rotatable bonds is 4. The SMILES string of the molecule is COc1cnc2c(n1)CCN(Cc1cnc(NC(C)=O)s1)CC2. The van der Waals surface area contributed by atoms with E-state index in [2.05, 4.69) is 25.2 Å². The number of hydrogen-bond donors (Lipinski definition) is 1. The van der Waals surface area contributed by atoms with Gasteiger partial charge in [0.2, 0.25) is 11.8 Å². The Hall–Kier alpha value is -2.06. The first kappa shape index (κ1) is 15.8. The van der Waals surface area contributed by atoms with Gasteiger partial charge < -0.3 is 10.1 Å². The molecule has 0 fully saturated rings. The summed E-state index contributed by atoms with van der Waals surface area (Å²) in [5.74, 6) is 0.474. The molecular weight excluding hydrogens is 314 g/mol. The number of ether oxygens (including phenoxy) is 1. The van der Waals surface area contributed by atoms with E-state index in [1.807, 2.05) is 6.20 Å². The Morgan fingerprint density at radius 2 is 2.09 bits per heavy atom. The summed E-state index contributed by atoms with van der Waals surface area (Å²) >= 11 is 1.52. The molecule has 0 atom stereocenters. The smallest absolute Gasteiger partial charge is 0.232 e. The summed E-state index contributed by atoms with van der Waals surface area (Å²) in [5, 5.41) is 3.37. The molecule has 0 bridgehead atoms. The second kappa shape index (κ2) is 7.01. The fraction of sp³-hybridized carbons (Fsp3) is 0.467. The first-order valence-corrected chi connectivity index (χ1v) is 8.29. The Morgan fingerprint density at radius 3 is 2.83 bits per heavy atom. The Morgan fingerprint density at radius 1 is 1.30 bits per heavy atom. The zero-order chi connectivity index (χ0) is 16.2. The highest BCUT2D eigenvalue weighted by atomic mass is 32.1. The molecule has 1 amide bonds. The molecule has 3 rings (SSSR count). The van der Waals surface area contributed by atoms with Gasteiger partial charge in [0.05, 0.1) is 24.7 Å². The lowest BCUT2D eigenvalue weighted by molar-refractivity contribution is -0.114. The van der Waals surface area contributed by atoms with Crippen LogP contribution in [0.25, 0.3) is 0 Å². The molecule has 23 heavy (non-hydrogen) atoms. The molecule has 0 unspecified atom stereocenters. The molecule has 0 saturated carbocycles. The molecule has 0 saturated heterocycles. The predicted molar refractivity (Wildman–Crippen MR) is 87.7 cm³/mol. The molecule has 122 valence electrons. The van der Waals surface area contributed by atoms with Crippen LogP contribution in [-0.2, 0) is 24.2 Å². The van der Waals surface area contributed by atoms with E-state index in [0.717, 1.165) is 48.7 Å². The highest BCUT2D eigenvalue weighted by molar-refractivity contribution is 7.15. The number of anilines is 1. The second-order valence-electron chi connectivity index (χ2n) is 5.39. The second-order valence-corrected chi connectivity index (χ2v) is 6.51. The lowest BCUT2D eigenvalue weighted by Crippen LogP contribution is -2.25. The van der Waals surface area contributed by atoms with E-state index in [1.54, 1.807) is 13.3 Å². The van der Waals surface area contributed by atoms with E-state index in [0.29, 0.717) is 11.0 Å². The Kier molecular flexibility index (Phi) is 4.82. The van der Waals surface area contributed by atoms with Crippen LogP contribution in [-0.4, -0.2) is 46.0 Å². The molecule has 7 nitrogen and oxygen atoms in total. The highest BCUT2D eigenvalue weighted by Crippen LogP contribution is 2.21. The first-order chi connectivity index (χ1) is 11.1. The van der Waals surface area contributed by atoms with Crippen molar-refractivity contribution in [2.45, 2.75) is 26.3 Å². The van der Waals surface area contributed by atoms with Crippen LogP contribution in [0.2, 0.25) is 0 Å². The number of thiazole rings is 1. The molecule has 2 aromatic heterocycles. The lowest BCUT2D eigenvalue weighted by atomic mass is 10.2. The van der Waals surface area contributed by atoms with E-state index in [4.69, 9.17) is 4.74 Å². The standard InChI is InChI=1S/C15H19N5O2S/c1-10(21)18-15-17-7-11(23-15)9-20-5-3-12-13(4-6-20)19-14(22-2)8-16-12/h7-8H,3-6,9H2,1-2H3,(H,17,18,21). The van der Waals surface area contributed by atoms with Crippen molar-refractivity contribution in [3.05, 3.63) is 28.7 Å². The minimum absolute atomic E-state index is 0.0952. The van der Waals surface area contributed by atoms with Crippen molar-refractivity contribution < 1.29 is 9.53 Å². The fourth-order valence-corrected chi connectivity index (χ4v) is 3.45. The maximum absolute atomic E-state index is 11.1. The number of nitrogens with one attached hydrogen (secondary N) is 1. The van der Waals surface area contributed by atoms with Crippen molar-refractivity contribution in [2.75, 3.05) is 25.5 Å².